The van der Waals surface area contributed by atoms with Crippen LogP contribution in [0, 0.1) is 23.0 Å². The number of nitriles is 1. The van der Waals surface area contributed by atoms with E-state index in [1.165, 1.54) is 24.4 Å². The van der Waals surface area contributed by atoms with Crippen molar-refractivity contribution in [2.45, 2.75) is 13.1 Å². The van der Waals surface area contributed by atoms with Gasteiger partial charge in [-0.15, -0.1) is 0 Å². The molecule has 38 heavy (non-hydrogen) atoms. The van der Waals surface area contributed by atoms with Gasteiger partial charge >= 0.3 is 5.97 Å². The van der Waals surface area contributed by atoms with Gasteiger partial charge in [-0.05, 0) is 53.1 Å². The number of fused-ring (bicyclic) bond motifs is 1. The van der Waals surface area contributed by atoms with Gasteiger partial charge in [-0.1, -0.05) is 24.3 Å². The molecule has 0 aliphatic rings. The zero-order chi connectivity index (χ0) is 27.2. The number of halogens is 2. The Morgan fingerprint density at radius 2 is 1.89 bits per heavy atom. The van der Waals surface area contributed by atoms with E-state index in [1.807, 2.05) is 30.5 Å². The van der Waals surface area contributed by atoms with Crippen LogP contribution in [0.25, 0.3) is 22.2 Å². The summed E-state index contributed by atoms with van der Waals surface area (Å²) in [5, 5.41) is 18.7. The Morgan fingerprint density at radius 3 is 2.61 bits per heavy atom. The number of nitrogens with two attached hydrogens (primary N) is 1. The molecule has 8 nitrogen and oxygen atoms in total. The highest BCUT2D eigenvalue weighted by atomic mass is 19.2. The van der Waals surface area contributed by atoms with Crippen molar-refractivity contribution in [3.05, 3.63) is 123 Å². The number of aromatic nitrogens is 3. The molecule has 0 fully saturated rings. The maximum atomic E-state index is 13.0. The Balaban J connectivity index is 0.000000177. The number of hydrogen-bond acceptors (Lipinski definition) is 5. The van der Waals surface area contributed by atoms with Crippen LogP contribution in [0.15, 0.2) is 84.0 Å². The summed E-state index contributed by atoms with van der Waals surface area (Å²) in [7, 11) is 0. The highest BCUT2D eigenvalue weighted by molar-refractivity contribution is 5.94. The smallest absolute Gasteiger partial charge is 0.341 e. The van der Waals surface area contributed by atoms with Crippen LogP contribution in [0.1, 0.15) is 27.0 Å². The van der Waals surface area contributed by atoms with Crippen molar-refractivity contribution in [1.29, 1.82) is 5.26 Å². The molecule has 0 aliphatic heterocycles. The van der Waals surface area contributed by atoms with E-state index in [-0.39, 0.29) is 12.1 Å². The molecule has 0 spiro atoms. The van der Waals surface area contributed by atoms with E-state index in [0.717, 1.165) is 44.4 Å². The summed E-state index contributed by atoms with van der Waals surface area (Å²) in [6.07, 6.45) is 4.86. The number of carboxylic acids is 1. The second kappa shape index (κ2) is 11.3. The topological polar surface area (TPSA) is 138 Å². The number of pyridine rings is 2. The SMILES string of the molecule is N#Cc1cnc2[nH]cc(-c3cccc(CN)c3)c2c1.O=C(O)c1cccn(Cc2ccc(F)c(F)c2)c1=O. The number of benzene rings is 2. The Bertz CT molecular complexity index is 1740. The van der Waals surface area contributed by atoms with Gasteiger partial charge < -0.3 is 20.4 Å². The van der Waals surface area contributed by atoms with Gasteiger partial charge in [0.2, 0.25) is 0 Å². The van der Waals surface area contributed by atoms with Crippen molar-refractivity contribution in [3.63, 3.8) is 0 Å². The molecule has 0 bridgehead atoms. The molecule has 10 heteroatoms. The van der Waals surface area contributed by atoms with Crippen LogP contribution in [0.5, 0.6) is 0 Å². The van der Waals surface area contributed by atoms with Crippen LogP contribution >= 0.6 is 0 Å². The fraction of sp³-hybridized carbons (Fsp3) is 0.0714. The molecule has 0 aliphatic carbocycles. The average molecular weight is 514 g/mol. The fourth-order valence-corrected chi connectivity index (χ4v) is 3.83. The van der Waals surface area contributed by atoms with Crippen molar-refractivity contribution in [3.8, 4) is 17.2 Å². The molecule has 3 heterocycles. The average Bonchev–Trinajstić information content (AvgIpc) is 3.35. The number of nitrogens with one attached hydrogen (secondary N) is 1. The first-order chi connectivity index (χ1) is 18.3. The number of aromatic carboxylic acids is 1. The maximum Gasteiger partial charge on any atom is 0.341 e. The summed E-state index contributed by atoms with van der Waals surface area (Å²) in [5.74, 6) is -3.32. The molecule has 2 aromatic carbocycles. The van der Waals surface area contributed by atoms with Crippen molar-refractivity contribution in [1.82, 2.24) is 14.5 Å². The fourth-order valence-electron chi connectivity index (χ4n) is 3.83. The molecule has 4 N–H and O–H groups in total. The molecule has 0 saturated heterocycles. The van der Waals surface area contributed by atoms with Gasteiger partial charge in [0.15, 0.2) is 11.6 Å². The van der Waals surface area contributed by atoms with Gasteiger partial charge in [0.25, 0.3) is 5.56 Å². The number of aromatic amines is 1. The van der Waals surface area contributed by atoms with E-state index >= 15 is 0 Å². The number of hydrogen-bond donors (Lipinski definition) is 3. The van der Waals surface area contributed by atoms with Gasteiger partial charge in [0.1, 0.15) is 17.3 Å². The first-order valence-electron chi connectivity index (χ1n) is 11.3. The lowest BCUT2D eigenvalue weighted by Gasteiger charge is -2.07. The lowest BCUT2D eigenvalue weighted by molar-refractivity contribution is 0.0694. The summed E-state index contributed by atoms with van der Waals surface area (Å²) in [5.41, 5.74) is 9.50. The van der Waals surface area contributed by atoms with Crippen LogP contribution in [-0.2, 0) is 13.1 Å². The summed E-state index contributed by atoms with van der Waals surface area (Å²) in [6, 6.07) is 17.9. The number of nitrogens with zero attached hydrogens (tertiary/aromatic N) is 3. The minimum absolute atomic E-state index is 0.0306. The van der Waals surface area contributed by atoms with Gasteiger partial charge in [0.05, 0.1) is 12.1 Å². The zero-order valence-corrected chi connectivity index (χ0v) is 19.9. The number of H-pyrrole nitrogens is 1. The van der Waals surface area contributed by atoms with E-state index in [0.29, 0.717) is 17.7 Å². The van der Waals surface area contributed by atoms with Crippen LogP contribution in [0.4, 0.5) is 8.78 Å². The van der Waals surface area contributed by atoms with Gasteiger partial charge in [-0.25, -0.2) is 18.6 Å². The molecule has 5 rings (SSSR count). The van der Waals surface area contributed by atoms with Crippen LogP contribution in [0.2, 0.25) is 0 Å². The van der Waals surface area contributed by atoms with E-state index in [4.69, 9.17) is 16.1 Å². The molecular weight excluding hydrogens is 492 g/mol. The second-order valence-corrected chi connectivity index (χ2v) is 8.25. The van der Waals surface area contributed by atoms with Crippen molar-refractivity contribution in [2.24, 2.45) is 5.73 Å². The van der Waals surface area contributed by atoms with Gasteiger partial charge in [-0.3, -0.25) is 4.79 Å². The highest BCUT2D eigenvalue weighted by Crippen LogP contribution is 2.28. The minimum atomic E-state index is -1.33. The van der Waals surface area contributed by atoms with Crippen LogP contribution in [0.3, 0.4) is 0 Å². The molecule has 0 amide bonds. The largest absolute Gasteiger partial charge is 0.477 e. The molecule has 3 aromatic heterocycles. The third-order valence-corrected chi connectivity index (χ3v) is 5.72. The van der Waals surface area contributed by atoms with Gasteiger partial charge in [-0.2, -0.15) is 5.26 Å². The minimum Gasteiger partial charge on any atom is -0.477 e. The lowest BCUT2D eigenvalue weighted by atomic mass is 10.0. The van der Waals surface area contributed by atoms with Crippen molar-refractivity contribution < 1.29 is 18.7 Å². The summed E-state index contributed by atoms with van der Waals surface area (Å²) in [6.45, 7) is 0.481. The molecule has 5 aromatic rings. The third kappa shape index (κ3) is 5.64. The van der Waals surface area contributed by atoms with E-state index in [2.05, 4.69) is 22.1 Å². The second-order valence-electron chi connectivity index (χ2n) is 8.25. The molecule has 0 atom stereocenters. The van der Waals surface area contributed by atoms with Crippen LogP contribution < -0.4 is 11.3 Å². The predicted octanol–water partition coefficient (Wildman–Crippen LogP) is 4.43. The number of carbonyl (C=O) groups is 1. The monoisotopic (exact) mass is 513 g/mol. The Hall–Kier alpha value is -5.14. The normalized spacial score (nSPS) is 10.5. The van der Waals surface area contributed by atoms with Crippen molar-refractivity contribution in [2.75, 3.05) is 0 Å². The molecule has 0 saturated carbocycles. The van der Waals surface area contributed by atoms with Gasteiger partial charge in [0, 0.05) is 36.1 Å². The Morgan fingerprint density at radius 1 is 1.08 bits per heavy atom. The molecular formula is C28H21F2N5O3. The maximum absolute atomic E-state index is 13.0. The quantitative estimate of drug-likeness (QED) is 0.318. The third-order valence-electron chi connectivity index (χ3n) is 5.72. The first kappa shape index (κ1) is 25.9. The summed E-state index contributed by atoms with van der Waals surface area (Å²) in [4.78, 5) is 29.9. The summed E-state index contributed by atoms with van der Waals surface area (Å²) < 4.78 is 26.9. The number of carboxylic acid groups (broad SMARTS) is 1. The lowest BCUT2D eigenvalue weighted by Crippen LogP contribution is -2.26. The van der Waals surface area contributed by atoms with Crippen LogP contribution in [-0.4, -0.2) is 25.6 Å². The predicted molar refractivity (Wildman–Crippen MR) is 137 cm³/mol. The standard InChI is InChI=1S/C15H12N4.C13H9F2NO3/c16-6-10-2-1-3-12(4-10)14-9-19-15-13(14)5-11(7-17)8-18-15;14-10-4-3-8(6-11(10)15)7-16-5-1-2-9(12(16)17)13(18)19/h1-5,8-9H,6,16H2,(H,18,19);1-6H,7H2,(H,18,19). The highest BCUT2D eigenvalue weighted by Gasteiger charge is 2.11. The van der Waals surface area contributed by atoms with E-state index in [9.17, 15) is 18.4 Å². The molecule has 0 unspecified atom stereocenters. The Kier molecular flexibility index (Phi) is 7.70. The van der Waals surface area contributed by atoms with Crippen molar-refractivity contribution >= 4 is 17.0 Å². The number of rotatable bonds is 5. The first-order valence-corrected chi connectivity index (χ1v) is 11.3. The Labute approximate surface area is 215 Å². The van der Waals surface area contributed by atoms with E-state index < -0.39 is 23.2 Å². The molecule has 0 radical (unpaired) electrons. The zero-order valence-electron chi connectivity index (χ0n) is 19.9. The van der Waals surface area contributed by atoms with E-state index in [1.54, 1.807) is 6.20 Å². The summed E-state index contributed by atoms with van der Waals surface area (Å²) >= 11 is 0. The molecule has 190 valence electrons.